The lowest BCUT2D eigenvalue weighted by Gasteiger charge is -2.20. The molecule has 1 atom stereocenters. The molecule has 7 nitrogen and oxygen atoms in total. The number of nitrogens with one attached hydrogen (secondary N) is 1. The molecule has 1 saturated heterocycles. The van der Waals surface area contributed by atoms with Crippen LogP contribution in [0.15, 0.2) is 47.4 Å². The first-order valence-corrected chi connectivity index (χ1v) is 11.0. The Balaban J connectivity index is 1.80. The number of carbonyl (C=O) groups excluding carboxylic acids is 1. The van der Waals surface area contributed by atoms with Gasteiger partial charge in [-0.05, 0) is 54.8 Å². The summed E-state index contributed by atoms with van der Waals surface area (Å²) in [4.78, 5) is 13.7. The van der Waals surface area contributed by atoms with E-state index in [1.54, 1.807) is 43.4 Å². The lowest BCUT2D eigenvalue weighted by Crippen LogP contribution is -2.28. The van der Waals surface area contributed by atoms with Crippen molar-refractivity contribution in [2.45, 2.75) is 37.1 Å². The van der Waals surface area contributed by atoms with E-state index in [0.717, 1.165) is 17.7 Å². The molecule has 0 spiro atoms. The third-order valence-corrected chi connectivity index (χ3v) is 6.54. The van der Waals surface area contributed by atoms with Gasteiger partial charge in [0.1, 0.15) is 0 Å². The number of benzene rings is 2. The largest absolute Gasteiger partial charge is 0.493 e. The SMILES string of the molecule is CCC(NS(=O)(=O)c1ccc(N2CCCC2=O)cc1)c1ccc(OC)c(OC)c1. The Hall–Kier alpha value is -2.58. The fraction of sp³-hybridized carbons (Fsp3) is 0.381. The second kappa shape index (κ2) is 8.84. The number of anilines is 1. The number of hydrogen-bond donors (Lipinski definition) is 1. The normalized spacial score (nSPS) is 15.4. The van der Waals surface area contributed by atoms with Crippen molar-refractivity contribution in [2.75, 3.05) is 25.7 Å². The summed E-state index contributed by atoms with van der Waals surface area (Å²) in [7, 11) is -0.641. The van der Waals surface area contributed by atoms with Crippen molar-refractivity contribution in [3.05, 3.63) is 48.0 Å². The van der Waals surface area contributed by atoms with E-state index in [-0.39, 0.29) is 10.8 Å². The highest BCUT2D eigenvalue weighted by atomic mass is 32.2. The van der Waals surface area contributed by atoms with Crippen LogP contribution in [0.1, 0.15) is 37.8 Å². The maximum atomic E-state index is 12.9. The minimum absolute atomic E-state index is 0.0678. The highest BCUT2D eigenvalue weighted by Crippen LogP contribution is 2.31. The quantitative estimate of drug-likeness (QED) is 0.711. The smallest absolute Gasteiger partial charge is 0.241 e. The van der Waals surface area contributed by atoms with Crippen LogP contribution in [0, 0.1) is 0 Å². The number of nitrogens with zero attached hydrogens (tertiary/aromatic N) is 1. The monoisotopic (exact) mass is 418 g/mol. The first-order valence-electron chi connectivity index (χ1n) is 9.54. The van der Waals surface area contributed by atoms with Crippen molar-refractivity contribution >= 4 is 21.6 Å². The van der Waals surface area contributed by atoms with E-state index < -0.39 is 16.1 Å². The van der Waals surface area contributed by atoms with Crippen LogP contribution >= 0.6 is 0 Å². The van der Waals surface area contributed by atoms with E-state index in [0.29, 0.717) is 30.9 Å². The number of rotatable bonds is 8. The zero-order valence-corrected chi connectivity index (χ0v) is 17.7. The Morgan fingerprint density at radius 1 is 1.07 bits per heavy atom. The molecular weight excluding hydrogens is 392 g/mol. The molecule has 0 bridgehead atoms. The third kappa shape index (κ3) is 4.54. The molecule has 0 aliphatic carbocycles. The zero-order chi connectivity index (χ0) is 21.0. The van der Waals surface area contributed by atoms with Gasteiger partial charge in [0.05, 0.1) is 19.1 Å². The molecule has 1 aliphatic rings. The molecule has 8 heteroatoms. The van der Waals surface area contributed by atoms with Crippen LogP contribution in [-0.4, -0.2) is 35.1 Å². The van der Waals surface area contributed by atoms with Gasteiger partial charge in [-0.15, -0.1) is 0 Å². The van der Waals surface area contributed by atoms with Gasteiger partial charge in [0.25, 0.3) is 0 Å². The second-order valence-corrected chi connectivity index (χ2v) is 8.55. The highest BCUT2D eigenvalue weighted by Gasteiger charge is 2.24. The molecule has 2 aromatic carbocycles. The molecule has 1 aliphatic heterocycles. The average molecular weight is 419 g/mol. The van der Waals surface area contributed by atoms with Crippen LogP contribution in [0.2, 0.25) is 0 Å². The van der Waals surface area contributed by atoms with E-state index in [1.807, 2.05) is 13.0 Å². The van der Waals surface area contributed by atoms with Gasteiger partial charge in [0.15, 0.2) is 11.5 Å². The molecule has 156 valence electrons. The summed E-state index contributed by atoms with van der Waals surface area (Å²) < 4.78 is 39.1. The van der Waals surface area contributed by atoms with Crippen LogP contribution in [-0.2, 0) is 14.8 Å². The van der Waals surface area contributed by atoms with E-state index in [4.69, 9.17) is 9.47 Å². The van der Waals surface area contributed by atoms with Gasteiger partial charge < -0.3 is 14.4 Å². The summed E-state index contributed by atoms with van der Waals surface area (Å²) in [6.45, 7) is 2.58. The molecule has 2 aromatic rings. The first kappa shape index (κ1) is 21.1. The molecule has 0 radical (unpaired) electrons. The summed E-state index contributed by atoms with van der Waals surface area (Å²) in [5.74, 6) is 1.20. The third-order valence-electron chi connectivity index (χ3n) is 5.05. The molecule has 29 heavy (non-hydrogen) atoms. The van der Waals surface area contributed by atoms with Crippen molar-refractivity contribution in [1.29, 1.82) is 0 Å². The summed E-state index contributed by atoms with van der Waals surface area (Å²) in [6.07, 6.45) is 1.92. The average Bonchev–Trinajstić information content (AvgIpc) is 3.17. The van der Waals surface area contributed by atoms with E-state index in [9.17, 15) is 13.2 Å². The molecule has 1 unspecified atom stereocenters. The Morgan fingerprint density at radius 2 is 1.76 bits per heavy atom. The van der Waals surface area contributed by atoms with Gasteiger partial charge in [-0.25, -0.2) is 13.1 Å². The van der Waals surface area contributed by atoms with Crippen LogP contribution in [0.5, 0.6) is 11.5 Å². The van der Waals surface area contributed by atoms with Crippen molar-refractivity contribution in [3.8, 4) is 11.5 Å². The molecule has 1 fully saturated rings. The molecule has 3 rings (SSSR count). The van der Waals surface area contributed by atoms with Gasteiger partial charge in [0.2, 0.25) is 15.9 Å². The molecule has 1 amide bonds. The summed E-state index contributed by atoms with van der Waals surface area (Å²) >= 11 is 0. The minimum Gasteiger partial charge on any atom is -0.493 e. The number of ether oxygens (including phenoxy) is 2. The standard InChI is InChI=1S/C21H26N2O5S/c1-4-18(15-7-12-19(27-2)20(14-15)28-3)22-29(25,26)17-10-8-16(9-11-17)23-13-5-6-21(23)24/h7-12,14,18,22H,4-6,13H2,1-3H3. The van der Waals surface area contributed by atoms with Crippen LogP contribution < -0.4 is 19.1 Å². The summed E-state index contributed by atoms with van der Waals surface area (Å²) in [5.41, 5.74) is 1.51. The summed E-state index contributed by atoms with van der Waals surface area (Å²) in [6, 6.07) is 11.4. The van der Waals surface area contributed by atoms with E-state index in [2.05, 4.69) is 4.72 Å². The Morgan fingerprint density at radius 3 is 2.31 bits per heavy atom. The fourth-order valence-electron chi connectivity index (χ4n) is 3.44. The van der Waals surface area contributed by atoms with E-state index >= 15 is 0 Å². The van der Waals surface area contributed by atoms with Crippen molar-refractivity contribution < 1.29 is 22.7 Å². The molecule has 1 N–H and O–H groups in total. The Kier molecular flexibility index (Phi) is 6.44. The first-order chi connectivity index (χ1) is 13.9. The molecule has 0 aromatic heterocycles. The Labute approximate surface area is 171 Å². The number of methoxy groups -OCH3 is 2. The fourth-order valence-corrected chi connectivity index (χ4v) is 4.75. The van der Waals surface area contributed by atoms with E-state index in [1.165, 1.54) is 12.1 Å². The van der Waals surface area contributed by atoms with Gasteiger partial charge >= 0.3 is 0 Å². The van der Waals surface area contributed by atoms with Gasteiger partial charge in [-0.2, -0.15) is 0 Å². The van der Waals surface area contributed by atoms with Gasteiger partial charge in [-0.1, -0.05) is 13.0 Å². The van der Waals surface area contributed by atoms with Gasteiger partial charge in [0, 0.05) is 24.7 Å². The number of carbonyl (C=O) groups is 1. The maximum Gasteiger partial charge on any atom is 0.241 e. The Bertz CT molecular complexity index is 973. The molecular formula is C21H26N2O5S. The van der Waals surface area contributed by atoms with Crippen molar-refractivity contribution in [3.63, 3.8) is 0 Å². The van der Waals surface area contributed by atoms with Crippen molar-refractivity contribution in [2.24, 2.45) is 0 Å². The molecule has 0 saturated carbocycles. The second-order valence-electron chi connectivity index (χ2n) is 6.84. The van der Waals surface area contributed by atoms with Crippen LogP contribution in [0.25, 0.3) is 0 Å². The lowest BCUT2D eigenvalue weighted by atomic mass is 10.1. The van der Waals surface area contributed by atoms with Crippen LogP contribution in [0.3, 0.4) is 0 Å². The number of amides is 1. The van der Waals surface area contributed by atoms with Gasteiger partial charge in [-0.3, -0.25) is 4.79 Å². The highest BCUT2D eigenvalue weighted by molar-refractivity contribution is 7.89. The number of hydrogen-bond acceptors (Lipinski definition) is 5. The maximum absolute atomic E-state index is 12.9. The minimum atomic E-state index is -3.73. The van der Waals surface area contributed by atoms with Crippen LogP contribution in [0.4, 0.5) is 5.69 Å². The van der Waals surface area contributed by atoms with Crippen molar-refractivity contribution in [1.82, 2.24) is 4.72 Å². The summed E-state index contributed by atoms with van der Waals surface area (Å²) in [5, 5.41) is 0. The molecule has 1 heterocycles. The number of sulfonamides is 1. The topological polar surface area (TPSA) is 84.9 Å². The zero-order valence-electron chi connectivity index (χ0n) is 16.8. The predicted octanol–water partition coefficient (Wildman–Crippen LogP) is 3.26. The lowest BCUT2D eigenvalue weighted by molar-refractivity contribution is -0.117. The predicted molar refractivity (Wildman–Crippen MR) is 111 cm³/mol.